The molecule has 0 radical (unpaired) electrons. The van der Waals surface area contributed by atoms with E-state index in [9.17, 15) is 0 Å². The van der Waals surface area contributed by atoms with Gasteiger partial charge in [-0.15, -0.1) is 0 Å². The summed E-state index contributed by atoms with van der Waals surface area (Å²) in [6, 6.07) is 23.2. The quantitative estimate of drug-likeness (QED) is 0.674. The molecule has 1 aliphatic rings. The number of nitrogens with one attached hydrogen (secondary N) is 1. The fourth-order valence-electron chi connectivity index (χ4n) is 3.47. The van der Waals surface area contributed by atoms with Gasteiger partial charge in [0.25, 0.3) is 0 Å². The molecule has 1 unspecified atom stereocenters. The first-order valence-electron chi connectivity index (χ1n) is 8.96. The van der Waals surface area contributed by atoms with Crippen LogP contribution in [0.1, 0.15) is 17.7 Å². The molecule has 3 heteroatoms. The van der Waals surface area contributed by atoms with E-state index < -0.39 is 0 Å². The lowest BCUT2D eigenvalue weighted by Crippen LogP contribution is -2.34. The fraction of sp³-hybridized carbons (Fsp3) is 0.174. The summed E-state index contributed by atoms with van der Waals surface area (Å²) in [7, 11) is 0. The van der Waals surface area contributed by atoms with Crippen LogP contribution in [0.3, 0.4) is 0 Å². The topological polar surface area (TPSA) is 24.9 Å². The van der Waals surface area contributed by atoms with Crippen molar-refractivity contribution in [2.24, 2.45) is 0 Å². The molecule has 1 N–H and O–H groups in total. The van der Waals surface area contributed by atoms with Gasteiger partial charge >= 0.3 is 0 Å². The van der Waals surface area contributed by atoms with Gasteiger partial charge < -0.3 is 5.32 Å². The second-order valence-corrected chi connectivity index (χ2v) is 7.09. The van der Waals surface area contributed by atoms with E-state index in [1.54, 1.807) is 0 Å². The van der Waals surface area contributed by atoms with Crippen molar-refractivity contribution in [3.8, 4) is 11.1 Å². The second kappa shape index (κ2) is 7.86. The predicted octanol–water partition coefficient (Wildman–Crippen LogP) is 5.39. The van der Waals surface area contributed by atoms with Crippen LogP contribution in [0, 0.1) is 0 Å². The summed E-state index contributed by atoms with van der Waals surface area (Å²) in [4.78, 5) is 4.59. The molecule has 2 aromatic carbocycles. The molecule has 1 aromatic heterocycles. The van der Waals surface area contributed by atoms with Crippen molar-refractivity contribution in [2.75, 3.05) is 6.54 Å². The highest BCUT2D eigenvalue weighted by Crippen LogP contribution is 2.25. The van der Waals surface area contributed by atoms with Crippen LogP contribution in [0.15, 0.2) is 79.0 Å². The third-order valence-corrected chi connectivity index (χ3v) is 5.07. The molecule has 0 fully saturated rings. The number of pyridine rings is 1. The molecule has 0 saturated heterocycles. The van der Waals surface area contributed by atoms with Crippen molar-refractivity contribution in [1.29, 1.82) is 0 Å². The predicted molar refractivity (Wildman–Crippen MR) is 109 cm³/mol. The standard InChI is InChI=1S/C23H21ClN2/c24-21-8-6-18(7-9-21)20-11-13-26-23(15-20)16-22-14-19(10-12-25-22)17-4-2-1-3-5-17/h1-11,13,15,22,25H,12,14,16H2. The monoisotopic (exact) mass is 360 g/mol. The highest BCUT2D eigenvalue weighted by Gasteiger charge is 2.17. The summed E-state index contributed by atoms with van der Waals surface area (Å²) in [5.41, 5.74) is 6.20. The van der Waals surface area contributed by atoms with Crippen molar-refractivity contribution in [2.45, 2.75) is 18.9 Å². The minimum absolute atomic E-state index is 0.406. The molecule has 1 atom stereocenters. The molecule has 3 aromatic rings. The van der Waals surface area contributed by atoms with Crippen LogP contribution in [-0.2, 0) is 6.42 Å². The minimum atomic E-state index is 0.406. The zero-order valence-corrected chi connectivity index (χ0v) is 15.3. The SMILES string of the molecule is Clc1ccc(-c2ccnc(CC3CC(c4ccccc4)=CCN3)c2)cc1. The van der Waals surface area contributed by atoms with Crippen molar-refractivity contribution in [3.05, 3.63) is 95.3 Å². The van der Waals surface area contributed by atoms with Crippen LogP contribution < -0.4 is 5.32 Å². The summed E-state index contributed by atoms with van der Waals surface area (Å²) < 4.78 is 0. The van der Waals surface area contributed by atoms with Crippen molar-refractivity contribution in [3.63, 3.8) is 0 Å². The van der Waals surface area contributed by atoms with Gasteiger partial charge in [0.2, 0.25) is 0 Å². The molecule has 130 valence electrons. The number of benzene rings is 2. The molecular weight excluding hydrogens is 340 g/mol. The van der Waals surface area contributed by atoms with Crippen LogP contribution in [0.5, 0.6) is 0 Å². The first-order chi connectivity index (χ1) is 12.8. The second-order valence-electron chi connectivity index (χ2n) is 6.65. The van der Waals surface area contributed by atoms with E-state index in [1.807, 2.05) is 18.3 Å². The van der Waals surface area contributed by atoms with E-state index in [-0.39, 0.29) is 0 Å². The Kier molecular flexibility index (Phi) is 5.14. The molecule has 2 heterocycles. The van der Waals surface area contributed by atoms with Crippen molar-refractivity contribution >= 4 is 17.2 Å². The summed E-state index contributed by atoms with van der Waals surface area (Å²) in [5.74, 6) is 0. The van der Waals surface area contributed by atoms with E-state index in [1.165, 1.54) is 22.3 Å². The maximum absolute atomic E-state index is 6.00. The molecule has 26 heavy (non-hydrogen) atoms. The molecule has 0 bridgehead atoms. The molecule has 0 amide bonds. The zero-order valence-electron chi connectivity index (χ0n) is 14.5. The van der Waals surface area contributed by atoms with E-state index in [0.29, 0.717) is 6.04 Å². The van der Waals surface area contributed by atoms with Gasteiger partial charge in [-0.3, -0.25) is 4.98 Å². The lowest BCUT2D eigenvalue weighted by Gasteiger charge is -2.24. The van der Waals surface area contributed by atoms with Crippen LogP contribution in [0.4, 0.5) is 0 Å². The van der Waals surface area contributed by atoms with Crippen LogP contribution in [0.2, 0.25) is 5.02 Å². The molecule has 2 nitrogen and oxygen atoms in total. The Hall–Kier alpha value is -2.42. The lowest BCUT2D eigenvalue weighted by molar-refractivity contribution is 0.528. The van der Waals surface area contributed by atoms with E-state index in [2.05, 4.69) is 71.0 Å². The molecule has 0 spiro atoms. The molecule has 1 aliphatic heterocycles. The number of halogens is 1. The van der Waals surface area contributed by atoms with Gasteiger partial charge in [-0.25, -0.2) is 0 Å². The van der Waals surface area contributed by atoms with Crippen LogP contribution >= 0.6 is 11.6 Å². The smallest absolute Gasteiger partial charge is 0.0425 e. The van der Waals surface area contributed by atoms with Gasteiger partial charge in [0.15, 0.2) is 0 Å². The Morgan fingerprint density at radius 1 is 0.923 bits per heavy atom. The van der Waals surface area contributed by atoms with E-state index >= 15 is 0 Å². The normalized spacial score (nSPS) is 17.0. The summed E-state index contributed by atoms with van der Waals surface area (Å²) in [6.45, 7) is 0.909. The highest BCUT2D eigenvalue weighted by molar-refractivity contribution is 6.30. The fourth-order valence-corrected chi connectivity index (χ4v) is 3.59. The van der Waals surface area contributed by atoms with Crippen LogP contribution in [0.25, 0.3) is 16.7 Å². The molecule has 0 aliphatic carbocycles. The zero-order chi connectivity index (χ0) is 17.8. The number of hydrogen-bond acceptors (Lipinski definition) is 2. The maximum Gasteiger partial charge on any atom is 0.0425 e. The van der Waals surface area contributed by atoms with Gasteiger partial charge in [0, 0.05) is 35.9 Å². The van der Waals surface area contributed by atoms with Gasteiger partial charge in [0.1, 0.15) is 0 Å². The third kappa shape index (κ3) is 4.04. The van der Waals surface area contributed by atoms with Gasteiger partial charge in [-0.2, -0.15) is 0 Å². The number of nitrogens with zero attached hydrogens (tertiary/aromatic N) is 1. The summed E-state index contributed by atoms with van der Waals surface area (Å²) in [5, 5.41) is 4.36. The Morgan fingerprint density at radius 2 is 1.73 bits per heavy atom. The largest absolute Gasteiger partial charge is 0.310 e. The molecule has 0 saturated carbocycles. The number of rotatable bonds is 4. The third-order valence-electron chi connectivity index (χ3n) is 4.82. The highest BCUT2D eigenvalue weighted by atomic mass is 35.5. The van der Waals surface area contributed by atoms with E-state index in [0.717, 1.165) is 30.1 Å². The lowest BCUT2D eigenvalue weighted by atomic mass is 9.92. The van der Waals surface area contributed by atoms with Crippen LogP contribution in [-0.4, -0.2) is 17.6 Å². The molecule has 4 rings (SSSR count). The first-order valence-corrected chi connectivity index (χ1v) is 9.34. The Bertz CT molecular complexity index is 901. The van der Waals surface area contributed by atoms with Gasteiger partial charge in [0.05, 0.1) is 0 Å². The summed E-state index contributed by atoms with van der Waals surface area (Å²) >= 11 is 6.00. The average molecular weight is 361 g/mol. The number of hydrogen-bond donors (Lipinski definition) is 1. The summed E-state index contributed by atoms with van der Waals surface area (Å²) in [6.07, 6.45) is 6.14. The Morgan fingerprint density at radius 3 is 2.54 bits per heavy atom. The first kappa shape index (κ1) is 17.0. The van der Waals surface area contributed by atoms with Gasteiger partial charge in [-0.05, 0) is 52.9 Å². The Balaban J connectivity index is 1.48. The van der Waals surface area contributed by atoms with Crippen molar-refractivity contribution in [1.82, 2.24) is 10.3 Å². The Labute approximate surface area is 159 Å². The molecular formula is C23H21ClN2. The number of aromatic nitrogens is 1. The maximum atomic E-state index is 6.00. The van der Waals surface area contributed by atoms with E-state index in [4.69, 9.17) is 11.6 Å². The van der Waals surface area contributed by atoms with Gasteiger partial charge in [-0.1, -0.05) is 60.1 Å². The van der Waals surface area contributed by atoms with Crippen molar-refractivity contribution < 1.29 is 0 Å². The minimum Gasteiger partial charge on any atom is -0.310 e. The average Bonchev–Trinajstić information content (AvgIpc) is 2.70.